The van der Waals surface area contributed by atoms with Gasteiger partial charge in [-0.2, -0.15) is 0 Å². The van der Waals surface area contributed by atoms with Gasteiger partial charge < -0.3 is 9.47 Å². The first-order valence-corrected chi connectivity index (χ1v) is 10.8. The van der Waals surface area contributed by atoms with E-state index < -0.39 is 11.8 Å². The molecule has 166 valence electrons. The molecule has 5 heteroatoms. The maximum absolute atomic E-state index is 12.7. The van der Waals surface area contributed by atoms with Crippen LogP contribution in [0.3, 0.4) is 0 Å². The molecule has 2 aromatic carbocycles. The van der Waals surface area contributed by atoms with Crippen molar-refractivity contribution in [3.63, 3.8) is 0 Å². The van der Waals surface area contributed by atoms with E-state index in [1.807, 2.05) is 52.8 Å². The van der Waals surface area contributed by atoms with E-state index in [9.17, 15) is 14.4 Å². The summed E-state index contributed by atoms with van der Waals surface area (Å²) in [6.45, 7) is 9.96. The Balaban J connectivity index is 1.97. The van der Waals surface area contributed by atoms with Crippen molar-refractivity contribution in [1.82, 2.24) is 0 Å². The number of ether oxygens (including phenoxy) is 2. The van der Waals surface area contributed by atoms with E-state index in [1.54, 1.807) is 24.3 Å². The summed E-state index contributed by atoms with van der Waals surface area (Å²) in [5, 5.41) is 0. The summed E-state index contributed by atoms with van der Waals surface area (Å²) < 4.78 is 10.9. The minimum absolute atomic E-state index is 0.00876. The molecule has 0 heterocycles. The highest BCUT2D eigenvalue weighted by atomic mass is 16.5. The topological polar surface area (TPSA) is 69.7 Å². The zero-order valence-corrected chi connectivity index (χ0v) is 19.1. The number of aryl methyl sites for hydroxylation is 3. The van der Waals surface area contributed by atoms with E-state index in [1.165, 1.54) is 0 Å². The quantitative estimate of drug-likeness (QED) is 0.296. The summed E-state index contributed by atoms with van der Waals surface area (Å²) in [4.78, 5) is 37.3. The SMILES string of the molecule is CCC(COC(=O)C(=O)c1c(C)cc(C)cc1C)C(CC)COC(=O)c1ccccc1. The van der Waals surface area contributed by atoms with Crippen molar-refractivity contribution in [2.24, 2.45) is 11.8 Å². The van der Waals surface area contributed by atoms with E-state index in [4.69, 9.17) is 9.47 Å². The molecule has 0 N–H and O–H groups in total. The predicted octanol–water partition coefficient (Wildman–Crippen LogP) is 5.25. The first-order chi connectivity index (χ1) is 14.8. The Morgan fingerprint density at radius 1 is 0.806 bits per heavy atom. The van der Waals surface area contributed by atoms with Gasteiger partial charge in [-0.15, -0.1) is 0 Å². The van der Waals surface area contributed by atoms with Gasteiger partial charge in [-0.25, -0.2) is 9.59 Å². The predicted molar refractivity (Wildman–Crippen MR) is 120 cm³/mol. The minimum Gasteiger partial charge on any atom is -0.462 e. The first kappa shape index (κ1) is 24.3. The Morgan fingerprint density at radius 3 is 1.84 bits per heavy atom. The van der Waals surface area contributed by atoms with Gasteiger partial charge in [0.1, 0.15) is 0 Å². The molecule has 0 saturated heterocycles. The molecule has 2 aromatic rings. The summed E-state index contributed by atoms with van der Waals surface area (Å²) in [5.41, 5.74) is 3.50. The zero-order chi connectivity index (χ0) is 23.0. The molecule has 0 spiro atoms. The van der Waals surface area contributed by atoms with Crippen molar-refractivity contribution in [3.8, 4) is 0 Å². The highest BCUT2D eigenvalue weighted by Gasteiger charge is 2.26. The largest absolute Gasteiger partial charge is 0.462 e. The maximum Gasteiger partial charge on any atom is 0.379 e. The Kier molecular flexibility index (Phi) is 8.98. The molecule has 2 rings (SSSR count). The number of hydrogen-bond donors (Lipinski definition) is 0. The lowest BCUT2D eigenvalue weighted by atomic mass is 9.89. The molecule has 0 saturated carbocycles. The van der Waals surface area contributed by atoms with Gasteiger partial charge >= 0.3 is 11.9 Å². The molecule has 0 aliphatic rings. The highest BCUT2D eigenvalue weighted by Crippen LogP contribution is 2.22. The summed E-state index contributed by atoms with van der Waals surface area (Å²) in [6.07, 6.45) is 1.51. The van der Waals surface area contributed by atoms with E-state index in [2.05, 4.69) is 0 Å². The van der Waals surface area contributed by atoms with Gasteiger partial charge in [0.15, 0.2) is 0 Å². The van der Waals surface area contributed by atoms with E-state index in [0.717, 1.165) is 29.5 Å². The molecule has 0 bridgehead atoms. The van der Waals surface area contributed by atoms with Crippen molar-refractivity contribution >= 4 is 17.7 Å². The lowest BCUT2D eigenvalue weighted by molar-refractivity contribution is -0.140. The highest BCUT2D eigenvalue weighted by molar-refractivity contribution is 6.41. The van der Waals surface area contributed by atoms with Crippen LogP contribution in [0.4, 0.5) is 0 Å². The number of Topliss-reactive ketones (excluding diaryl/α,β-unsaturated/α-hetero) is 1. The second-order valence-electron chi connectivity index (χ2n) is 8.00. The third-order valence-corrected chi connectivity index (χ3v) is 5.67. The fourth-order valence-electron chi connectivity index (χ4n) is 3.90. The van der Waals surface area contributed by atoms with Gasteiger partial charge in [0, 0.05) is 5.56 Å². The standard InChI is InChI=1S/C26H32O5/c1-6-20(15-30-25(28)22-11-9-8-10-12-22)21(7-2)16-31-26(29)24(27)23-18(4)13-17(3)14-19(23)5/h8-14,20-21H,6-7,15-16H2,1-5H3. The average Bonchev–Trinajstić information content (AvgIpc) is 2.75. The molecule has 0 aliphatic heterocycles. The van der Waals surface area contributed by atoms with Crippen molar-refractivity contribution in [1.29, 1.82) is 0 Å². The molecule has 0 amide bonds. The van der Waals surface area contributed by atoms with Gasteiger partial charge in [0.05, 0.1) is 18.8 Å². The van der Waals surface area contributed by atoms with Gasteiger partial charge in [-0.3, -0.25) is 4.79 Å². The van der Waals surface area contributed by atoms with Crippen molar-refractivity contribution in [3.05, 3.63) is 70.3 Å². The van der Waals surface area contributed by atoms with Crippen molar-refractivity contribution in [2.45, 2.75) is 47.5 Å². The number of carbonyl (C=O) groups excluding carboxylic acids is 3. The summed E-state index contributed by atoms with van der Waals surface area (Å²) in [7, 11) is 0. The number of benzene rings is 2. The third kappa shape index (κ3) is 6.51. The van der Waals surface area contributed by atoms with Crippen LogP contribution in [0.5, 0.6) is 0 Å². The fourth-order valence-corrected chi connectivity index (χ4v) is 3.90. The second-order valence-corrected chi connectivity index (χ2v) is 8.00. The minimum atomic E-state index is -0.843. The van der Waals surface area contributed by atoms with E-state index in [0.29, 0.717) is 11.1 Å². The molecular formula is C26H32O5. The summed E-state index contributed by atoms with van der Waals surface area (Å²) in [6, 6.07) is 12.6. The summed E-state index contributed by atoms with van der Waals surface area (Å²) >= 11 is 0. The van der Waals surface area contributed by atoms with Crippen molar-refractivity contribution in [2.75, 3.05) is 13.2 Å². The van der Waals surface area contributed by atoms with Crippen LogP contribution in [0, 0.1) is 32.6 Å². The van der Waals surface area contributed by atoms with Crippen LogP contribution >= 0.6 is 0 Å². The Hall–Kier alpha value is -2.95. The number of ketones is 1. The molecule has 0 fully saturated rings. The fraction of sp³-hybridized carbons (Fsp3) is 0.423. The second kappa shape index (κ2) is 11.4. The van der Waals surface area contributed by atoms with Gasteiger partial charge in [-0.05, 0) is 68.7 Å². The van der Waals surface area contributed by atoms with Crippen molar-refractivity contribution < 1.29 is 23.9 Å². The van der Waals surface area contributed by atoms with Gasteiger partial charge in [0.2, 0.25) is 0 Å². The van der Waals surface area contributed by atoms with Crippen LogP contribution in [0.2, 0.25) is 0 Å². The lowest BCUT2D eigenvalue weighted by Crippen LogP contribution is -2.28. The normalized spacial score (nSPS) is 12.7. The lowest BCUT2D eigenvalue weighted by Gasteiger charge is -2.24. The van der Waals surface area contributed by atoms with Crippen LogP contribution in [-0.2, 0) is 14.3 Å². The molecule has 5 nitrogen and oxygen atoms in total. The number of esters is 2. The average molecular weight is 425 g/mol. The van der Waals surface area contributed by atoms with Crippen LogP contribution in [0.1, 0.15) is 64.1 Å². The van der Waals surface area contributed by atoms with E-state index in [-0.39, 0.29) is 31.0 Å². The molecule has 0 aromatic heterocycles. The summed E-state index contributed by atoms with van der Waals surface area (Å²) in [5.74, 6) is -1.81. The van der Waals surface area contributed by atoms with Gasteiger partial charge in [-0.1, -0.05) is 49.7 Å². The van der Waals surface area contributed by atoms with E-state index >= 15 is 0 Å². The Morgan fingerprint density at radius 2 is 1.32 bits per heavy atom. The Bertz CT molecular complexity index is 894. The molecule has 31 heavy (non-hydrogen) atoms. The molecule has 2 unspecified atom stereocenters. The number of rotatable bonds is 10. The van der Waals surface area contributed by atoms with Crippen LogP contribution < -0.4 is 0 Å². The smallest absolute Gasteiger partial charge is 0.379 e. The number of hydrogen-bond acceptors (Lipinski definition) is 5. The van der Waals surface area contributed by atoms with Gasteiger partial charge in [0.25, 0.3) is 5.78 Å². The third-order valence-electron chi connectivity index (χ3n) is 5.67. The van der Waals surface area contributed by atoms with Crippen LogP contribution in [0.25, 0.3) is 0 Å². The van der Waals surface area contributed by atoms with Crippen LogP contribution in [-0.4, -0.2) is 30.9 Å². The molecule has 2 atom stereocenters. The first-order valence-electron chi connectivity index (χ1n) is 10.8. The molecule has 0 aliphatic carbocycles. The van der Waals surface area contributed by atoms with Crippen LogP contribution in [0.15, 0.2) is 42.5 Å². The zero-order valence-electron chi connectivity index (χ0n) is 19.1. The molecular weight excluding hydrogens is 392 g/mol. The Labute approximate surface area is 184 Å². The molecule has 0 radical (unpaired) electrons. The number of carbonyl (C=O) groups is 3. The maximum atomic E-state index is 12.7. The monoisotopic (exact) mass is 424 g/mol.